The highest BCUT2D eigenvalue weighted by atomic mass is 32.1. The molecule has 1 aliphatic carbocycles. The molecule has 1 heterocycles. The lowest BCUT2D eigenvalue weighted by atomic mass is 10.00. The SMILES string of the molecule is OCC1(Nc2ncns2)CCCC1. The summed E-state index contributed by atoms with van der Waals surface area (Å²) in [7, 11) is 0. The van der Waals surface area contributed by atoms with Crippen molar-refractivity contribution in [2.24, 2.45) is 0 Å². The first-order chi connectivity index (χ1) is 6.35. The number of aliphatic hydroxyl groups excluding tert-OH is 1. The van der Waals surface area contributed by atoms with Crippen molar-refractivity contribution in [1.82, 2.24) is 9.36 Å². The lowest BCUT2D eigenvalue weighted by molar-refractivity contribution is 0.214. The second-order valence-electron chi connectivity index (χ2n) is 3.52. The molecule has 1 aliphatic rings. The van der Waals surface area contributed by atoms with Crippen LogP contribution in [0.2, 0.25) is 0 Å². The number of hydrogen-bond donors (Lipinski definition) is 2. The molecule has 0 unspecified atom stereocenters. The average Bonchev–Trinajstić information content (AvgIpc) is 2.77. The monoisotopic (exact) mass is 199 g/mol. The third-order valence-corrected chi connectivity index (χ3v) is 3.18. The summed E-state index contributed by atoms with van der Waals surface area (Å²) in [6.45, 7) is 0.187. The first-order valence-electron chi connectivity index (χ1n) is 4.50. The van der Waals surface area contributed by atoms with Crippen LogP contribution in [0.4, 0.5) is 5.13 Å². The van der Waals surface area contributed by atoms with Crippen molar-refractivity contribution in [3.63, 3.8) is 0 Å². The molecule has 0 aromatic carbocycles. The quantitative estimate of drug-likeness (QED) is 0.769. The van der Waals surface area contributed by atoms with Gasteiger partial charge in [-0.15, -0.1) is 0 Å². The zero-order valence-electron chi connectivity index (χ0n) is 7.36. The highest BCUT2D eigenvalue weighted by Crippen LogP contribution is 2.32. The number of hydrogen-bond acceptors (Lipinski definition) is 5. The predicted molar refractivity (Wildman–Crippen MR) is 51.8 cm³/mol. The number of rotatable bonds is 3. The summed E-state index contributed by atoms with van der Waals surface area (Å²) in [4.78, 5) is 4.06. The smallest absolute Gasteiger partial charge is 0.202 e. The largest absolute Gasteiger partial charge is 0.394 e. The van der Waals surface area contributed by atoms with Crippen LogP contribution in [0, 0.1) is 0 Å². The second kappa shape index (κ2) is 3.59. The van der Waals surface area contributed by atoms with Crippen LogP contribution >= 0.6 is 11.5 Å². The Bertz CT molecular complexity index is 256. The van der Waals surface area contributed by atoms with Gasteiger partial charge in [0.05, 0.1) is 12.1 Å². The number of aliphatic hydroxyl groups is 1. The van der Waals surface area contributed by atoms with Crippen molar-refractivity contribution in [2.75, 3.05) is 11.9 Å². The van der Waals surface area contributed by atoms with E-state index < -0.39 is 0 Å². The van der Waals surface area contributed by atoms with Gasteiger partial charge in [-0.25, -0.2) is 4.98 Å². The molecule has 1 saturated carbocycles. The number of nitrogens with zero attached hydrogens (tertiary/aromatic N) is 2. The van der Waals surface area contributed by atoms with Gasteiger partial charge in [0.2, 0.25) is 5.13 Å². The Balaban J connectivity index is 2.06. The number of aromatic nitrogens is 2. The Kier molecular flexibility index (Phi) is 2.46. The maximum Gasteiger partial charge on any atom is 0.202 e. The molecule has 0 amide bonds. The molecular weight excluding hydrogens is 186 g/mol. The van der Waals surface area contributed by atoms with E-state index in [2.05, 4.69) is 14.7 Å². The lowest BCUT2D eigenvalue weighted by Crippen LogP contribution is -2.38. The fourth-order valence-electron chi connectivity index (χ4n) is 1.83. The van der Waals surface area contributed by atoms with E-state index in [0.29, 0.717) is 0 Å². The van der Waals surface area contributed by atoms with Crippen molar-refractivity contribution in [3.8, 4) is 0 Å². The summed E-state index contributed by atoms with van der Waals surface area (Å²) in [5, 5.41) is 13.4. The normalized spacial score (nSPS) is 20.4. The highest BCUT2D eigenvalue weighted by Gasteiger charge is 2.33. The maximum absolute atomic E-state index is 9.31. The van der Waals surface area contributed by atoms with Gasteiger partial charge in [-0.2, -0.15) is 4.37 Å². The van der Waals surface area contributed by atoms with Gasteiger partial charge in [0, 0.05) is 11.5 Å². The number of nitrogens with one attached hydrogen (secondary N) is 1. The van der Waals surface area contributed by atoms with E-state index in [1.165, 1.54) is 30.7 Å². The van der Waals surface area contributed by atoms with Crippen LogP contribution in [0.1, 0.15) is 25.7 Å². The molecule has 0 saturated heterocycles. The van der Waals surface area contributed by atoms with E-state index >= 15 is 0 Å². The van der Waals surface area contributed by atoms with Crippen molar-refractivity contribution < 1.29 is 5.11 Å². The van der Waals surface area contributed by atoms with E-state index in [1.807, 2.05) is 0 Å². The minimum atomic E-state index is -0.125. The highest BCUT2D eigenvalue weighted by molar-refractivity contribution is 7.09. The molecular formula is C8H13N3OS. The van der Waals surface area contributed by atoms with Gasteiger partial charge < -0.3 is 10.4 Å². The van der Waals surface area contributed by atoms with E-state index in [1.54, 1.807) is 0 Å². The van der Waals surface area contributed by atoms with Crippen LogP contribution in [0.15, 0.2) is 6.33 Å². The van der Waals surface area contributed by atoms with Gasteiger partial charge in [-0.05, 0) is 12.8 Å². The van der Waals surface area contributed by atoms with Crippen LogP contribution in [0.3, 0.4) is 0 Å². The number of anilines is 1. The third-order valence-electron chi connectivity index (χ3n) is 2.60. The molecule has 4 nitrogen and oxygen atoms in total. The molecule has 0 radical (unpaired) electrons. The minimum absolute atomic E-state index is 0.125. The molecule has 72 valence electrons. The van der Waals surface area contributed by atoms with Crippen molar-refractivity contribution >= 4 is 16.7 Å². The predicted octanol–water partition coefficient (Wildman–Crippen LogP) is 1.26. The average molecular weight is 199 g/mol. The minimum Gasteiger partial charge on any atom is -0.394 e. The summed E-state index contributed by atoms with van der Waals surface area (Å²) in [6, 6.07) is 0. The van der Waals surface area contributed by atoms with E-state index in [4.69, 9.17) is 0 Å². The molecule has 0 spiro atoms. The van der Waals surface area contributed by atoms with Crippen molar-refractivity contribution in [3.05, 3.63) is 6.33 Å². The molecule has 0 bridgehead atoms. The van der Waals surface area contributed by atoms with Crippen LogP contribution < -0.4 is 5.32 Å². The fraction of sp³-hybridized carbons (Fsp3) is 0.750. The van der Waals surface area contributed by atoms with Gasteiger partial charge >= 0.3 is 0 Å². The Morgan fingerprint density at radius 2 is 2.31 bits per heavy atom. The zero-order valence-corrected chi connectivity index (χ0v) is 8.18. The molecule has 0 atom stereocenters. The van der Waals surface area contributed by atoms with Crippen molar-refractivity contribution in [2.45, 2.75) is 31.2 Å². The zero-order chi connectivity index (χ0) is 9.15. The third kappa shape index (κ3) is 1.81. The Morgan fingerprint density at radius 1 is 1.54 bits per heavy atom. The second-order valence-corrected chi connectivity index (χ2v) is 4.30. The lowest BCUT2D eigenvalue weighted by Gasteiger charge is -2.27. The molecule has 13 heavy (non-hydrogen) atoms. The topological polar surface area (TPSA) is 58.0 Å². The van der Waals surface area contributed by atoms with Crippen LogP contribution in [-0.4, -0.2) is 26.6 Å². The van der Waals surface area contributed by atoms with Gasteiger partial charge in [0.1, 0.15) is 6.33 Å². The Morgan fingerprint density at radius 3 is 2.85 bits per heavy atom. The van der Waals surface area contributed by atoms with Crippen molar-refractivity contribution in [1.29, 1.82) is 0 Å². The molecule has 2 rings (SSSR count). The molecule has 1 aromatic heterocycles. The van der Waals surface area contributed by atoms with Gasteiger partial charge in [-0.3, -0.25) is 0 Å². The standard InChI is InChI=1S/C8H13N3OS/c12-5-8(3-1-2-4-8)11-7-9-6-10-13-7/h6,12H,1-5H2,(H,9,10,11). The van der Waals surface area contributed by atoms with Gasteiger partial charge in [-0.1, -0.05) is 12.8 Å². The first kappa shape index (κ1) is 8.90. The summed E-state index contributed by atoms with van der Waals surface area (Å²) in [5.74, 6) is 0. The van der Waals surface area contributed by atoms with E-state index in [9.17, 15) is 5.11 Å². The molecule has 0 aliphatic heterocycles. The Labute approximate surface area is 81.2 Å². The van der Waals surface area contributed by atoms with Gasteiger partial charge in [0.25, 0.3) is 0 Å². The van der Waals surface area contributed by atoms with Gasteiger partial charge in [0.15, 0.2) is 0 Å². The summed E-state index contributed by atoms with van der Waals surface area (Å²) >= 11 is 1.34. The van der Waals surface area contributed by atoms with E-state index in [-0.39, 0.29) is 12.1 Å². The van der Waals surface area contributed by atoms with Crippen LogP contribution in [0.5, 0.6) is 0 Å². The molecule has 1 aromatic rings. The Hall–Kier alpha value is -0.680. The van der Waals surface area contributed by atoms with Crippen LogP contribution in [-0.2, 0) is 0 Å². The maximum atomic E-state index is 9.31. The molecule has 5 heteroatoms. The summed E-state index contributed by atoms with van der Waals surface area (Å²) in [5.41, 5.74) is -0.125. The van der Waals surface area contributed by atoms with Crippen LogP contribution in [0.25, 0.3) is 0 Å². The van der Waals surface area contributed by atoms with E-state index in [0.717, 1.165) is 18.0 Å². The first-order valence-corrected chi connectivity index (χ1v) is 5.28. The molecule has 1 fully saturated rings. The molecule has 2 N–H and O–H groups in total. The fourth-order valence-corrected chi connectivity index (χ4v) is 2.38. The summed E-state index contributed by atoms with van der Waals surface area (Å²) < 4.78 is 3.92. The summed E-state index contributed by atoms with van der Waals surface area (Å²) in [6.07, 6.45) is 5.97.